The van der Waals surface area contributed by atoms with Crippen molar-refractivity contribution in [1.82, 2.24) is 0 Å². The van der Waals surface area contributed by atoms with Crippen molar-refractivity contribution < 1.29 is 0 Å². The standard InChI is InChI=1S/C11H10BrCl/c1-4-11(2,3)9-7-8(13)5-6-10(9)12/h1,5-7H,2-3H3. The smallest absolute Gasteiger partial charge is 0.0515 e. The van der Waals surface area contributed by atoms with Gasteiger partial charge < -0.3 is 0 Å². The number of hydrogen-bond donors (Lipinski definition) is 0. The summed E-state index contributed by atoms with van der Waals surface area (Å²) < 4.78 is 1.000. The molecule has 0 bridgehead atoms. The molecule has 0 heterocycles. The maximum atomic E-state index is 5.89. The van der Waals surface area contributed by atoms with Gasteiger partial charge in [-0.2, -0.15) is 0 Å². The lowest BCUT2D eigenvalue weighted by molar-refractivity contribution is 0.695. The third-order valence-electron chi connectivity index (χ3n) is 1.96. The zero-order valence-electron chi connectivity index (χ0n) is 7.57. The third kappa shape index (κ3) is 2.27. The Bertz CT molecular complexity index is 361. The normalized spacial score (nSPS) is 11.0. The minimum Gasteiger partial charge on any atom is -0.119 e. The van der Waals surface area contributed by atoms with Gasteiger partial charge in [-0.3, -0.25) is 0 Å². The van der Waals surface area contributed by atoms with Gasteiger partial charge in [0.15, 0.2) is 0 Å². The Labute approximate surface area is 92.4 Å². The topological polar surface area (TPSA) is 0 Å². The van der Waals surface area contributed by atoms with E-state index >= 15 is 0 Å². The van der Waals surface area contributed by atoms with Gasteiger partial charge in [-0.15, -0.1) is 6.42 Å². The van der Waals surface area contributed by atoms with E-state index in [-0.39, 0.29) is 5.41 Å². The zero-order chi connectivity index (χ0) is 10.1. The van der Waals surface area contributed by atoms with Gasteiger partial charge in [-0.1, -0.05) is 33.5 Å². The summed E-state index contributed by atoms with van der Waals surface area (Å²) in [7, 11) is 0. The predicted octanol–water partition coefficient (Wildman–Crippen LogP) is 4.01. The maximum Gasteiger partial charge on any atom is 0.0515 e. The van der Waals surface area contributed by atoms with Gasteiger partial charge in [-0.25, -0.2) is 0 Å². The van der Waals surface area contributed by atoms with Crippen LogP contribution in [0.4, 0.5) is 0 Å². The summed E-state index contributed by atoms with van der Waals surface area (Å²) in [6.07, 6.45) is 5.44. The van der Waals surface area contributed by atoms with E-state index in [9.17, 15) is 0 Å². The highest BCUT2D eigenvalue weighted by Crippen LogP contribution is 2.31. The number of terminal acetylenes is 1. The first kappa shape index (κ1) is 10.6. The highest BCUT2D eigenvalue weighted by Gasteiger charge is 2.20. The van der Waals surface area contributed by atoms with Gasteiger partial charge >= 0.3 is 0 Å². The quantitative estimate of drug-likeness (QED) is 0.667. The first-order valence-electron chi connectivity index (χ1n) is 3.90. The van der Waals surface area contributed by atoms with Crippen LogP contribution in [-0.2, 0) is 5.41 Å². The van der Waals surface area contributed by atoms with Crippen LogP contribution in [0.1, 0.15) is 19.4 Å². The molecule has 0 aliphatic rings. The molecular weight excluding hydrogens is 247 g/mol. The lowest BCUT2D eigenvalue weighted by Crippen LogP contribution is -2.14. The molecule has 0 nitrogen and oxygen atoms in total. The number of halogens is 2. The number of benzene rings is 1. The first-order chi connectivity index (χ1) is 5.97. The molecule has 0 fully saturated rings. The van der Waals surface area contributed by atoms with Crippen LogP contribution in [0, 0.1) is 12.3 Å². The Hall–Kier alpha value is -0.450. The summed E-state index contributed by atoms with van der Waals surface area (Å²) in [4.78, 5) is 0. The van der Waals surface area contributed by atoms with E-state index in [0.717, 1.165) is 10.0 Å². The molecule has 0 atom stereocenters. The highest BCUT2D eigenvalue weighted by molar-refractivity contribution is 9.10. The molecule has 1 aromatic carbocycles. The minimum absolute atomic E-state index is 0.288. The van der Waals surface area contributed by atoms with Crippen LogP contribution < -0.4 is 0 Å². The molecule has 0 spiro atoms. The van der Waals surface area contributed by atoms with E-state index in [1.807, 2.05) is 32.0 Å². The molecule has 0 N–H and O–H groups in total. The Balaban J connectivity index is 3.30. The van der Waals surface area contributed by atoms with Crippen LogP contribution >= 0.6 is 27.5 Å². The monoisotopic (exact) mass is 256 g/mol. The molecule has 0 aliphatic heterocycles. The molecule has 2 heteroatoms. The van der Waals surface area contributed by atoms with Crippen LogP contribution in [-0.4, -0.2) is 0 Å². The lowest BCUT2D eigenvalue weighted by Gasteiger charge is -2.19. The molecular formula is C11H10BrCl. The Morgan fingerprint density at radius 3 is 2.62 bits per heavy atom. The third-order valence-corrected chi connectivity index (χ3v) is 2.89. The Morgan fingerprint density at radius 2 is 2.08 bits per heavy atom. The van der Waals surface area contributed by atoms with Crippen LogP contribution in [0.5, 0.6) is 0 Å². The number of hydrogen-bond acceptors (Lipinski definition) is 0. The van der Waals surface area contributed by atoms with Gasteiger partial charge in [-0.05, 0) is 37.6 Å². The second kappa shape index (κ2) is 3.74. The SMILES string of the molecule is C#CC(C)(C)c1cc(Cl)ccc1Br. The highest BCUT2D eigenvalue weighted by atomic mass is 79.9. The van der Waals surface area contributed by atoms with Crippen molar-refractivity contribution in [3.63, 3.8) is 0 Å². The van der Waals surface area contributed by atoms with Crippen molar-refractivity contribution in [3.05, 3.63) is 33.3 Å². The molecule has 0 aliphatic carbocycles. The molecule has 1 rings (SSSR count). The molecule has 0 saturated carbocycles. The van der Waals surface area contributed by atoms with E-state index in [1.165, 1.54) is 0 Å². The maximum absolute atomic E-state index is 5.89. The first-order valence-corrected chi connectivity index (χ1v) is 5.08. The van der Waals surface area contributed by atoms with Crippen molar-refractivity contribution >= 4 is 27.5 Å². The molecule has 0 amide bonds. The van der Waals surface area contributed by atoms with Crippen molar-refractivity contribution in [2.45, 2.75) is 19.3 Å². The van der Waals surface area contributed by atoms with Crippen LogP contribution in [0.25, 0.3) is 0 Å². The summed E-state index contributed by atoms with van der Waals surface area (Å²) in [5.41, 5.74) is 0.756. The Morgan fingerprint density at radius 1 is 1.46 bits per heavy atom. The average molecular weight is 258 g/mol. The predicted molar refractivity (Wildman–Crippen MR) is 61.0 cm³/mol. The van der Waals surface area contributed by atoms with Crippen molar-refractivity contribution in [2.75, 3.05) is 0 Å². The summed E-state index contributed by atoms with van der Waals surface area (Å²) in [6.45, 7) is 3.98. The lowest BCUT2D eigenvalue weighted by atomic mass is 9.86. The molecule has 0 unspecified atom stereocenters. The minimum atomic E-state index is -0.288. The molecule has 0 aromatic heterocycles. The second-order valence-electron chi connectivity index (χ2n) is 3.39. The van der Waals surface area contributed by atoms with Crippen molar-refractivity contribution in [1.29, 1.82) is 0 Å². The van der Waals surface area contributed by atoms with Gasteiger partial charge in [0.1, 0.15) is 0 Å². The zero-order valence-corrected chi connectivity index (χ0v) is 9.91. The van der Waals surface area contributed by atoms with Gasteiger partial charge in [0.25, 0.3) is 0 Å². The van der Waals surface area contributed by atoms with Gasteiger partial charge in [0.2, 0.25) is 0 Å². The fourth-order valence-corrected chi connectivity index (χ4v) is 1.97. The van der Waals surface area contributed by atoms with Crippen LogP contribution in [0.15, 0.2) is 22.7 Å². The average Bonchev–Trinajstić information content (AvgIpc) is 2.09. The molecule has 68 valence electrons. The largest absolute Gasteiger partial charge is 0.119 e. The van der Waals surface area contributed by atoms with E-state index in [4.69, 9.17) is 18.0 Å². The molecule has 13 heavy (non-hydrogen) atoms. The van der Waals surface area contributed by atoms with E-state index in [0.29, 0.717) is 5.02 Å². The summed E-state index contributed by atoms with van der Waals surface area (Å²) in [6, 6.07) is 5.64. The van der Waals surface area contributed by atoms with Crippen molar-refractivity contribution in [2.24, 2.45) is 0 Å². The molecule has 0 saturated heterocycles. The fraction of sp³-hybridized carbons (Fsp3) is 0.273. The second-order valence-corrected chi connectivity index (χ2v) is 4.68. The summed E-state index contributed by atoms with van der Waals surface area (Å²) in [5.74, 6) is 2.74. The Kier molecular flexibility index (Phi) is 3.05. The summed E-state index contributed by atoms with van der Waals surface area (Å²) in [5, 5.41) is 0.710. The fourth-order valence-electron chi connectivity index (χ4n) is 1.05. The van der Waals surface area contributed by atoms with Crippen LogP contribution in [0.3, 0.4) is 0 Å². The number of rotatable bonds is 1. The van der Waals surface area contributed by atoms with E-state index < -0.39 is 0 Å². The van der Waals surface area contributed by atoms with Crippen LogP contribution in [0.2, 0.25) is 5.02 Å². The van der Waals surface area contributed by atoms with Crippen molar-refractivity contribution in [3.8, 4) is 12.3 Å². The van der Waals surface area contributed by atoms with E-state index in [1.54, 1.807) is 0 Å². The molecule has 1 aromatic rings. The molecule has 0 radical (unpaired) electrons. The van der Waals surface area contributed by atoms with E-state index in [2.05, 4.69) is 21.9 Å². The summed E-state index contributed by atoms with van der Waals surface area (Å²) >= 11 is 9.34. The van der Waals surface area contributed by atoms with Gasteiger partial charge in [0, 0.05) is 9.50 Å². The van der Waals surface area contributed by atoms with Gasteiger partial charge in [0.05, 0.1) is 5.41 Å².